The van der Waals surface area contributed by atoms with Gasteiger partial charge in [0.05, 0.1) is 10.0 Å². The van der Waals surface area contributed by atoms with Crippen molar-refractivity contribution in [1.82, 2.24) is 5.32 Å². The molecule has 0 saturated heterocycles. The summed E-state index contributed by atoms with van der Waals surface area (Å²) in [6.45, 7) is 0. The first kappa shape index (κ1) is 20.6. The van der Waals surface area contributed by atoms with Gasteiger partial charge in [-0.15, -0.1) is 0 Å². The third kappa shape index (κ3) is 5.45. The Labute approximate surface area is 185 Å². The van der Waals surface area contributed by atoms with Crippen molar-refractivity contribution >= 4 is 74.1 Å². The van der Waals surface area contributed by atoms with E-state index in [-0.39, 0.29) is 11.0 Å². The second-order valence-electron chi connectivity index (χ2n) is 5.59. The van der Waals surface area contributed by atoms with Gasteiger partial charge in [0.1, 0.15) is 11.5 Å². The standard InChI is InChI=1S/C20H13BrCl2N2O2S/c21-12-3-1-4-13(11-12)24-20(28)25-18(26)10-8-14-7-9-17(27-14)15-5-2-6-16(22)19(15)23/h1-11H,(H2,24,25,26,28). The number of halogens is 3. The van der Waals surface area contributed by atoms with Crippen LogP contribution in [0.25, 0.3) is 17.4 Å². The number of hydrogen-bond acceptors (Lipinski definition) is 3. The Kier molecular flexibility index (Phi) is 6.91. The smallest absolute Gasteiger partial charge is 0.250 e. The lowest BCUT2D eigenvalue weighted by Gasteiger charge is -2.08. The molecule has 0 radical (unpaired) electrons. The summed E-state index contributed by atoms with van der Waals surface area (Å²) in [4.78, 5) is 12.0. The third-order valence-electron chi connectivity index (χ3n) is 3.56. The highest BCUT2D eigenvalue weighted by atomic mass is 79.9. The van der Waals surface area contributed by atoms with Crippen molar-refractivity contribution in [3.05, 3.63) is 81.0 Å². The second-order valence-corrected chi connectivity index (χ2v) is 7.70. The molecule has 8 heteroatoms. The fraction of sp³-hybridized carbons (Fsp3) is 0. The quantitative estimate of drug-likeness (QED) is 0.318. The number of carbonyl (C=O) groups excluding carboxylic acids is 1. The van der Waals surface area contributed by atoms with Gasteiger partial charge in [-0.2, -0.15) is 0 Å². The zero-order valence-corrected chi connectivity index (χ0v) is 18.1. The molecule has 0 atom stereocenters. The van der Waals surface area contributed by atoms with E-state index in [1.54, 1.807) is 36.4 Å². The molecule has 4 nitrogen and oxygen atoms in total. The van der Waals surface area contributed by atoms with Crippen LogP contribution >= 0.6 is 51.3 Å². The fourth-order valence-corrected chi connectivity index (χ4v) is 3.33. The Morgan fingerprint density at radius 1 is 1.11 bits per heavy atom. The molecule has 3 aromatic rings. The van der Waals surface area contributed by atoms with Crippen LogP contribution < -0.4 is 10.6 Å². The minimum Gasteiger partial charge on any atom is -0.457 e. The summed E-state index contributed by atoms with van der Waals surface area (Å²) in [6.07, 6.45) is 2.87. The van der Waals surface area contributed by atoms with Gasteiger partial charge in [-0.05, 0) is 60.8 Å². The SMILES string of the molecule is O=C(C=Cc1ccc(-c2cccc(Cl)c2Cl)o1)NC(=S)Nc1cccc(Br)c1. The van der Waals surface area contributed by atoms with E-state index in [1.807, 2.05) is 24.3 Å². The Morgan fingerprint density at radius 3 is 2.68 bits per heavy atom. The first-order chi connectivity index (χ1) is 13.4. The van der Waals surface area contributed by atoms with E-state index in [4.69, 9.17) is 39.8 Å². The van der Waals surface area contributed by atoms with E-state index in [9.17, 15) is 4.79 Å². The molecule has 1 amide bonds. The largest absolute Gasteiger partial charge is 0.457 e. The minimum absolute atomic E-state index is 0.193. The zero-order valence-electron chi connectivity index (χ0n) is 14.2. The maximum Gasteiger partial charge on any atom is 0.250 e. The number of carbonyl (C=O) groups is 1. The van der Waals surface area contributed by atoms with E-state index >= 15 is 0 Å². The van der Waals surface area contributed by atoms with Crippen LogP contribution in [-0.2, 0) is 4.79 Å². The van der Waals surface area contributed by atoms with Gasteiger partial charge in [0.2, 0.25) is 5.91 Å². The summed E-state index contributed by atoms with van der Waals surface area (Å²) in [5.41, 5.74) is 1.44. The van der Waals surface area contributed by atoms with Crippen LogP contribution in [0.2, 0.25) is 10.0 Å². The van der Waals surface area contributed by atoms with Gasteiger partial charge in [0.25, 0.3) is 0 Å². The molecule has 0 saturated carbocycles. The number of benzene rings is 2. The van der Waals surface area contributed by atoms with Crippen molar-refractivity contribution in [2.24, 2.45) is 0 Å². The van der Waals surface area contributed by atoms with E-state index in [1.165, 1.54) is 6.08 Å². The number of furan rings is 1. The number of thiocarbonyl (C=S) groups is 1. The Balaban J connectivity index is 1.61. The third-order valence-corrected chi connectivity index (χ3v) is 5.08. The highest BCUT2D eigenvalue weighted by molar-refractivity contribution is 9.10. The number of nitrogens with one attached hydrogen (secondary N) is 2. The average molecular weight is 496 g/mol. The van der Waals surface area contributed by atoms with Crippen molar-refractivity contribution < 1.29 is 9.21 Å². The minimum atomic E-state index is -0.383. The molecule has 0 unspecified atom stereocenters. The number of anilines is 1. The van der Waals surface area contributed by atoms with Crippen LogP contribution in [-0.4, -0.2) is 11.0 Å². The predicted molar refractivity (Wildman–Crippen MR) is 122 cm³/mol. The molecular formula is C20H13BrCl2N2O2S. The Bertz CT molecular complexity index is 1070. The van der Waals surface area contributed by atoms with E-state index in [2.05, 4.69) is 26.6 Å². The van der Waals surface area contributed by atoms with Crippen molar-refractivity contribution in [1.29, 1.82) is 0 Å². The van der Waals surface area contributed by atoms with Gasteiger partial charge >= 0.3 is 0 Å². The number of rotatable bonds is 4. The van der Waals surface area contributed by atoms with Gasteiger partial charge in [-0.3, -0.25) is 10.1 Å². The zero-order chi connectivity index (χ0) is 20.1. The lowest BCUT2D eigenvalue weighted by molar-refractivity contribution is -0.115. The molecule has 0 bridgehead atoms. The van der Waals surface area contributed by atoms with Crippen LogP contribution in [0.4, 0.5) is 5.69 Å². The van der Waals surface area contributed by atoms with Crippen LogP contribution in [0.3, 0.4) is 0 Å². The summed E-state index contributed by atoms with van der Waals surface area (Å²) in [6, 6.07) is 16.2. The van der Waals surface area contributed by atoms with Crippen molar-refractivity contribution in [3.63, 3.8) is 0 Å². The van der Waals surface area contributed by atoms with Gasteiger partial charge in [0, 0.05) is 21.8 Å². The summed E-state index contributed by atoms with van der Waals surface area (Å²) in [7, 11) is 0. The van der Waals surface area contributed by atoms with Crippen LogP contribution in [0.5, 0.6) is 0 Å². The first-order valence-corrected chi connectivity index (χ1v) is 9.98. The summed E-state index contributed by atoms with van der Waals surface area (Å²) in [5.74, 6) is 0.665. The van der Waals surface area contributed by atoms with Crippen LogP contribution in [0, 0.1) is 0 Å². The molecule has 0 spiro atoms. The average Bonchev–Trinajstić information content (AvgIpc) is 3.11. The monoisotopic (exact) mass is 494 g/mol. The highest BCUT2D eigenvalue weighted by Gasteiger charge is 2.10. The number of amides is 1. The Hall–Kier alpha value is -2.12. The first-order valence-electron chi connectivity index (χ1n) is 8.02. The van der Waals surface area contributed by atoms with Crippen molar-refractivity contribution in [3.8, 4) is 11.3 Å². The molecule has 0 fully saturated rings. The molecule has 0 aliphatic rings. The van der Waals surface area contributed by atoms with Crippen molar-refractivity contribution in [2.45, 2.75) is 0 Å². The maximum atomic E-state index is 12.0. The second kappa shape index (κ2) is 9.39. The number of hydrogen-bond donors (Lipinski definition) is 2. The summed E-state index contributed by atoms with van der Waals surface area (Å²) >= 11 is 20.7. The van der Waals surface area contributed by atoms with Gasteiger partial charge in [-0.25, -0.2) is 0 Å². The van der Waals surface area contributed by atoms with Gasteiger partial charge < -0.3 is 9.73 Å². The van der Waals surface area contributed by atoms with Gasteiger partial charge in [-0.1, -0.05) is 51.3 Å². The maximum absolute atomic E-state index is 12.0. The lowest BCUT2D eigenvalue weighted by Crippen LogP contribution is -2.32. The molecule has 0 aliphatic heterocycles. The fourth-order valence-electron chi connectivity index (χ4n) is 2.32. The van der Waals surface area contributed by atoms with E-state index in [0.717, 1.165) is 10.2 Å². The molecule has 1 aromatic heterocycles. The lowest BCUT2D eigenvalue weighted by atomic mass is 10.2. The molecule has 2 N–H and O–H groups in total. The van der Waals surface area contributed by atoms with Crippen molar-refractivity contribution in [2.75, 3.05) is 5.32 Å². The van der Waals surface area contributed by atoms with E-state index in [0.29, 0.717) is 27.1 Å². The molecule has 142 valence electrons. The summed E-state index contributed by atoms with van der Waals surface area (Å²) in [5, 5.41) is 6.56. The van der Waals surface area contributed by atoms with E-state index < -0.39 is 0 Å². The molecule has 28 heavy (non-hydrogen) atoms. The normalized spacial score (nSPS) is 10.8. The summed E-state index contributed by atoms with van der Waals surface area (Å²) < 4.78 is 6.61. The molecule has 0 aliphatic carbocycles. The van der Waals surface area contributed by atoms with Crippen LogP contribution in [0.15, 0.2) is 69.6 Å². The molecule has 3 rings (SSSR count). The van der Waals surface area contributed by atoms with Gasteiger partial charge in [0.15, 0.2) is 5.11 Å². The van der Waals surface area contributed by atoms with Crippen LogP contribution in [0.1, 0.15) is 5.76 Å². The molecule has 2 aromatic carbocycles. The highest BCUT2D eigenvalue weighted by Crippen LogP contribution is 2.34. The Morgan fingerprint density at radius 2 is 1.89 bits per heavy atom. The topological polar surface area (TPSA) is 54.3 Å². The molecular weight excluding hydrogens is 483 g/mol. The predicted octanol–water partition coefficient (Wildman–Crippen LogP) is 6.54. The molecule has 1 heterocycles.